The lowest BCUT2D eigenvalue weighted by molar-refractivity contribution is -0.383. The minimum Gasteiger partial charge on any atom is -0.467 e. The first-order chi connectivity index (χ1) is 18.5. The van der Waals surface area contributed by atoms with Crippen molar-refractivity contribution in [1.29, 1.82) is 0 Å². The van der Waals surface area contributed by atoms with E-state index < -0.39 is 10.9 Å². The van der Waals surface area contributed by atoms with Crippen LogP contribution in [0.1, 0.15) is 38.0 Å². The highest BCUT2D eigenvalue weighted by Crippen LogP contribution is 2.37. The molecule has 0 spiro atoms. The Labute approximate surface area is 218 Å². The van der Waals surface area contributed by atoms with Crippen LogP contribution >= 0.6 is 0 Å². The predicted molar refractivity (Wildman–Crippen MR) is 138 cm³/mol. The van der Waals surface area contributed by atoms with Crippen molar-refractivity contribution in [3.05, 3.63) is 64.9 Å². The van der Waals surface area contributed by atoms with E-state index in [1.807, 2.05) is 33.8 Å². The molecule has 0 aliphatic carbocycles. The van der Waals surface area contributed by atoms with E-state index in [1.165, 1.54) is 12.6 Å². The van der Waals surface area contributed by atoms with Gasteiger partial charge in [0.2, 0.25) is 11.6 Å². The van der Waals surface area contributed by atoms with E-state index in [0.29, 0.717) is 18.8 Å². The number of hydrogen-bond acceptors (Lipinski definition) is 11. The Morgan fingerprint density at radius 1 is 1.21 bits per heavy atom. The number of para-hydroxylation sites is 1. The number of hydrogen-bond donors (Lipinski definition) is 0. The molecule has 0 atom stereocenters. The summed E-state index contributed by atoms with van der Waals surface area (Å²) in [6.07, 6.45) is 4.35. The Morgan fingerprint density at radius 3 is 2.76 bits per heavy atom. The molecule has 0 amide bonds. The number of ether oxygens (including phenoxy) is 1. The van der Waals surface area contributed by atoms with Gasteiger partial charge in [0.15, 0.2) is 0 Å². The van der Waals surface area contributed by atoms with Gasteiger partial charge >= 0.3 is 11.7 Å². The molecule has 5 rings (SSSR count). The molecule has 4 heterocycles. The smallest absolute Gasteiger partial charge is 0.353 e. The first-order valence-corrected chi connectivity index (χ1v) is 12.5. The van der Waals surface area contributed by atoms with Gasteiger partial charge < -0.3 is 19.0 Å². The molecule has 4 aromatic rings. The third kappa shape index (κ3) is 5.26. The van der Waals surface area contributed by atoms with Crippen LogP contribution in [0.15, 0.2) is 53.4 Å². The number of carbonyl (C=O) groups is 1. The van der Waals surface area contributed by atoms with Crippen molar-refractivity contribution in [2.24, 2.45) is 0 Å². The fourth-order valence-corrected chi connectivity index (χ4v) is 4.78. The van der Waals surface area contributed by atoms with Crippen LogP contribution < -0.4 is 9.80 Å². The molecule has 1 aliphatic heterocycles. The molecule has 1 aromatic carbocycles. The molecule has 1 fully saturated rings. The van der Waals surface area contributed by atoms with Gasteiger partial charge in [0.05, 0.1) is 42.3 Å². The van der Waals surface area contributed by atoms with Crippen molar-refractivity contribution >= 4 is 34.3 Å². The lowest BCUT2D eigenvalue weighted by Crippen LogP contribution is -2.36. The molecule has 1 aliphatic rings. The summed E-state index contributed by atoms with van der Waals surface area (Å²) >= 11 is 0. The van der Waals surface area contributed by atoms with Gasteiger partial charge in [-0.15, -0.1) is 5.10 Å². The lowest BCUT2D eigenvalue weighted by Gasteiger charge is -2.33. The van der Waals surface area contributed by atoms with Crippen molar-refractivity contribution in [3.63, 3.8) is 0 Å². The van der Waals surface area contributed by atoms with Gasteiger partial charge in [-0.2, -0.15) is 0 Å². The number of carbonyl (C=O) groups excluding carboxylic acids is 1. The maximum atomic E-state index is 12.4. The van der Waals surface area contributed by atoms with E-state index in [9.17, 15) is 14.9 Å². The standard InChI is InChI=1S/C25H28N8O5/c1-2-37-22(34)11-14-31(16-19-6-5-15-38-19)25-23(33(35)36)24(26-17-27-25)30-12-9-18(10-13-30)32-21-8-4-3-7-20(21)28-29-32/h3-8,15,17-18H,2,9-14,16H2,1H3. The molecule has 0 unspecified atom stereocenters. The topological polar surface area (TPSA) is 146 Å². The highest BCUT2D eigenvalue weighted by atomic mass is 16.6. The van der Waals surface area contributed by atoms with Crippen LogP contribution in [0.25, 0.3) is 11.0 Å². The summed E-state index contributed by atoms with van der Waals surface area (Å²) < 4.78 is 12.5. The Hall–Kier alpha value is -4.55. The second-order valence-electron chi connectivity index (χ2n) is 8.92. The number of anilines is 2. The molecule has 0 saturated carbocycles. The fraction of sp³-hybridized carbons (Fsp3) is 0.400. The van der Waals surface area contributed by atoms with Crippen molar-refractivity contribution < 1.29 is 18.9 Å². The van der Waals surface area contributed by atoms with Crippen LogP contribution in [0, 0.1) is 10.1 Å². The molecular weight excluding hydrogens is 492 g/mol. The monoisotopic (exact) mass is 520 g/mol. The Kier molecular flexibility index (Phi) is 7.43. The van der Waals surface area contributed by atoms with Crippen molar-refractivity contribution in [3.8, 4) is 0 Å². The number of furan rings is 1. The van der Waals surface area contributed by atoms with Gasteiger partial charge in [-0.3, -0.25) is 14.9 Å². The van der Waals surface area contributed by atoms with Gasteiger partial charge in [0.1, 0.15) is 17.6 Å². The molecule has 0 bridgehead atoms. The minimum atomic E-state index is -0.457. The summed E-state index contributed by atoms with van der Waals surface area (Å²) in [7, 11) is 0. The van der Waals surface area contributed by atoms with Crippen LogP contribution in [0.5, 0.6) is 0 Å². The molecular formula is C25H28N8O5. The fourth-order valence-electron chi connectivity index (χ4n) is 4.78. The zero-order chi connectivity index (χ0) is 26.5. The van der Waals surface area contributed by atoms with Crippen molar-refractivity contribution in [1.82, 2.24) is 25.0 Å². The Morgan fingerprint density at radius 2 is 2.03 bits per heavy atom. The SMILES string of the molecule is CCOC(=O)CCN(Cc1ccco1)c1ncnc(N2CCC(n3nnc4ccccc43)CC2)c1[N+](=O)[O-]. The normalized spacial score (nSPS) is 14.1. The van der Waals surface area contributed by atoms with Gasteiger partial charge in [0, 0.05) is 19.6 Å². The molecule has 0 N–H and O–H groups in total. The molecule has 198 valence electrons. The largest absolute Gasteiger partial charge is 0.467 e. The number of rotatable bonds is 10. The average Bonchev–Trinajstić information content (AvgIpc) is 3.61. The summed E-state index contributed by atoms with van der Waals surface area (Å²) in [6, 6.07) is 11.4. The summed E-state index contributed by atoms with van der Waals surface area (Å²) in [5, 5.41) is 21.0. The molecule has 38 heavy (non-hydrogen) atoms. The first-order valence-electron chi connectivity index (χ1n) is 12.5. The van der Waals surface area contributed by atoms with Crippen LogP contribution in [0.2, 0.25) is 0 Å². The van der Waals surface area contributed by atoms with E-state index >= 15 is 0 Å². The molecule has 3 aromatic heterocycles. The van der Waals surface area contributed by atoms with Crippen LogP contribution in [0.4, 0.5) is 17.3 Å². The second-order valence-corrected chi connectivity index (χ2v) is 8.92. The van der Waals surface area contributed by atoms with E-state index in [-0.39, 0.29) is 49.5 Å². The van der Waals surface area contributed by atoms with E-state index in [1.54, 1.807) is 24.0 Å². The average molecular weight is 521 g/mol. The predicted octanol–water partition coefficient (Wildman–Crippen LogP) is 3.52. The number of nitrogens with zero attached hydrogens (tertiary/aromatic N) is 8. The second kappa shape index (κ2) is 11.2. The summed E-state index contributed by atoms with van der Waals surface area (Å²) in [6.45, 7) is 3.46. The van der Waals surface area contributed by atoms with E-state index in [4.69, 9.17) is 9.15 Å². The van der Waals surface area contributed by atoms with Gasteiger partial charge in [-0.25, -0.2) is 14.6 Å². The number of nitro groups is 1. The van der Waals surface area contributed by atoms with E-state index in [2.05, 4.69) is 20.3 Å². The Balaban J connectivity index is 1.39. The maximum absolute atomic E-state index is 12.4. The maximum Gasteiger partial charge on any atom is 0.353 e. The highest BCUT2D eigenvalue weighted by Gasteiger charge is 2.33. The summed E-state index contributed by atoms with van der Waals surface area (Å²) in [4.78, 5) is 36.1. The number of piperidine rings is 1. The van der Waals surface area contributed by atoms with Gasteiger partial charge in [-0.05, 0) is 44.0 Å². The first kappa shape index (κ1) is 25.1. The van der Waals surface area contributed by atoms with Gasteiger partial charge in [-0.1, -0.05) is 17.3 Å². The molecule has 1 saturated heterocycles. The molecule has 13 nitrogen and oxygen atoms in total. The number of esters is 1. The number of fused-ring (bicyclic) bond motifs is 1. The zero-order valence-corrected chi connectivity index (χ0v) is 21.0. The number of aromatic nitrogens is 5. The third-order valence-corrected chi connectivity index (χ3v) is 6.57. The van der Waals surface area contributed by atoms with Crippen molar-refractivity contribution in [2.75, 3.05) is 36.0 Å². The summed E-state index contributed by atoms with van der Waals surface area (Å²) in [5.74, 6) is 0.577. The molecule has 0 radical (unpaired) electrons. The van der Waals surface area contributed by atoms with Crippen LogP contribution in [-0.2, 0) is 16.1 Å². The van der Waals surface area contributed by atoms with Gasteiger partial charge in [0.25, 0.3) is 0 Å². The van der Waals surface area contributed by atoms with Crippen molar-refractivity contribution in [2.45, 2.75) is 38.8 Å². The third-order valence-electron chi connectivity index (χ3n) is 6.57. The van der Waals surface area contributed by atoms with E-state index in [0.717, 1.165) is 23.9 Å². The highest BCUT2D eigenvalue weighted by molar-refractivity contribution is 5.75. The lowest BCUT2D eigenvalue weighted by atomic mass is 10.0. The Bertz CT molecular complexity index is 1400. The minimum absolute atomic E-state index is 0.0439. The zero-order valence-electron chi connectivity index (χ0n) is 21.0. The van der Waals surface area contributed by atoms with Crippen LogP contribution in [0.3, 0.4) is 0 Å². The quantitative estimate of drug-likeness (QED) is 0.172. The van der Waals surface area contributed by atoms with Crippen LogP contribution in [-0.4, -0.2) is 62.1 Å². The number of benzene rings is 1. The molecule has 13 heteroatoms. The summed E-state index contributed by atoms with van der Waals surface area (Å²) in [5.41, 5.74) is 1.61.